The third kappa shape index (κ3) is 8.46. The van der Waals surface area contributed by atoms with E-state index in [4.69, 9.17) is 28.4 Å². The smallest absolute Gasteiger partial charge is 0.312 e. The van der Waals surface area contributed by atoms with E-state index in [0.717, 1.165) is 87.3 Å². The van der Waals surface area contributed by atoms with E-state index >= 15 is 0 Å². The molecule has 402 valence electrons. The number of rotatable bonds is 12. The number of amides is 1. The topological polar surface area (TPSA) is 153 Å². The fourth-order valence-corrected chi connectivity index (χ4v) is 18.2. The molecule has 12 nitrogen and oxygen atoms in total. The van der Waals surface area contributed by atoms with Crippen LogP contribution in [0, 0.1) is 62.1 Å². The number of allylic oxidation sites excluding steroid dienone is 3. The summed E-state index contributed by atoms with van der Waals surface area (Å²) in [6, 6.07) is 3.96. The van der Waals surface area contributed by atoms with Crippen molar-refractivity contribution in [3.63, 3.8) is 0 Å². The molecule has 1 N–H and O–H groups in total. The highest BCUT2D eigenvalue weighted by Gasteiger charge is 2.70. The standard InChI is InChI=1S/C61H87NO11/c1-35-22-27-61-34-43(71-36(2)63)52(72-37(3)64)53(69-12)50(61)39(35)32-38-18-20-42(68-11)51(49(38)61)73-48(66)17-15-14-16-47(65)62-46-24-25-57(8)44(56(46,6)7)23-26-59(10)45(57)21-19-40-41-33-55(4,5)28-30-60(41,54(67)70-13)31-29-58(40,59)9/h18-20,35,39,41,43-46,52H,14-17,21-34H2,1-13H3,(H,62,65)/t35?,39-,41-,43?,44-,45+,46-,52?,57-,58+,59+,60-,61+/m0/s1. The molecule has 5 saturated carbocycles. The number of ether oxygens (including phenoxy) is 6. The van der Waals surface area contributed by atoms with Gasteiger partial charge in [0.1, 0.15) is 11.9 Å². The van der Waals surface area contributed by atoms with Crippen molar-refractivity contribution in [3.05, 3.63) is 46.2 Å². The van der Waals surface area contributed by atoms with Gasteiger partial charge in [-0.1, -0.05) is 73.1 Å². The van der Waals surface area contributed by atoms with Crippen LogP contribution in [0.15, 0.2) is 35.1 Å². The molecule has 8 aliphatic rings. The summed E-state index contributed by atoms with van der Waals surface area (Å²) >= 11 is 0. The summed E-state index contributed by atoms with van der Waals surface area (Å²) in [7, 11) is 4.71. The van der Waals surface area contributed by atoms with Crippen molar-refractivity contribution in [2.75, 3.05) is 21.3 Å². The second-order valence-electron chi connectivity index (χ2n) is 26.4. The third-order valence-corrected chi connectivity index (χ3v) is 22.0. The minimum absolute atomic E-state index is 0.00248. The molecule has 5 fully saturated rings. The predicted molar refractivity (Wildman–Crippen MR) is 277 cm³/mol. The quantitative estimate of drug-likeness (QED) is 0.0700. The monoisotopic (exact) mass is 1010 g/mol. The van der Waals surface area contributed by atoms with Crippen LogP contribution in [0.25, 0.3) is 0 Å². The molecule has 9 rings (SSSR count). The molecule has 0 spiro atoms. The molecule has 3 unspecified atom stereocenters. The summed E-state index contributed by atoms with van der Waals surface area (Å²) in [5, 5.41) is 3.52. The highest BCUT2D eigenvalue weighted by atomic mass is 16.6. The van der Waals surface area contributed by atoms with E-state index in [0.29, 0.717) is 73.5 Å². The third-order valence-electron chi connectivity index (χ3n) is 22.0. The molecule has 73 heavy (non-hydrogen) atoms. The molecule has 1 amide bonds. The Kier molecular flexibility index (Phi) is 13.9. The average Bonchev–Trinajstić information content (AvgIpc) is 3.32. The minimum Gasteiger partial charge on any atom is -0.497 e. The zero-order chi connectivity index (χ0) is 52.8. The number of unbranched alkanes of at least 4 members (excludes halogenated alkanes) is 1. The van der Waals surface area contributed by atoms with E-state index in [1.165, 1.54) is 13.8 Å². The lowest BCUT2D eigenvalue weighted by atomic mass is 9.33. The first-order valence-electron chi connectivity index (χ1n) is 28.0. The lowest BCUT2D eigenvalue weighted by Crippen LogP contribution is -2.66. The fraction of sp³-hybridized carbons (Fsp3) is 0.754. The summed E-state index contributed by atoms with van der Waals surface area (Å²) in [6.07, 6.45) is 15.1. The van der Waals surface area contributed by atoms with Crippen molar-refractivity contribution in [2.24, 2.45) is 62.1 Å². The second-order valence-corrected chi connectivity index (χ2v) is 26.4. The summed E-state index contributed by atoms with van der Waals surface area (Å²) in [5.74, 6) is 1.46. The number of fused-ring (bicyclic) bond motifs is 8. The van der Waals surface area contributed by atoms with Gasteiger partial charge in [-0.2, -0.15) is 0 Å². The van der Waals surface area contributed by atoms with Gasteiger partial charge in [-0.05, 0) is 170 Å². The zero-order valence-corrected chi connectivity index (χ0v) is 46.6. The van der Waals surface area contributed by atoms with E-state index < -0.39 is 40.9 Å². The van der Waals surface area contributed by atoms with Crippen LogP contribution in [0.4, 0.5) is 0 Å². The van der Waals surface area contributed by atoms with Crippen LogP contribution in [-0.2, 0) is 54.8 Å². The van der Waals surface area contributed by atoms with E-state index in [-0.39, 0.29) is 63.2 Å². The van der Waals surface area contributed by atoms with Gasteiger partial charge in [0, 0.05) is 50.1 Å². The number of hydrogen-bond donors (Lipinski definition) is 1. The molecule has 0 aliphatic heterocycles. The summed E-state index contributed by atoms with van der Waals surface area (Å²) in [4.78, 5) is 66.6. The van der Waals surface area contributed by atoms with Crippen molar-refractivity contribution >= 4 is 29.8 Å². The van der Waals surface area contributed by atoms with Crippen molar-refractivity contribution in [1.82, 2.24) is 5.32 Å². The van der Waals surface area contributed by atoms with Gasteiger partial charge < -0.3 is 33.7 Å². The van der Waals surface area contributed by atoms with Crippen molar-refractivity contribution < 1.29 is 52.4 Å². The zero-order valence-electron chi connectivity index (χ0n) is 46.6. The molecule has 0 saturated heterocycles. The first kappa shape index (κ1) is 53.5. The first-order valence-corrected chi connectivity index (χ1v) is 28.0. The van der Waals surface area contributed by atoms with Gasteiger partial charge in [0.2, 0.25) is 5.91 Å². The fourth-order valence-electron chi connectivity index (χ4n) is 18.2. The van der Waals surface area contributed by atoms with Gasteiger partial charge in [0.15, 0.2) is 17.6 Å². The van der Waals surface area contributed by atoms with Crippen LogP contribution >= 0.6 is 0 Å². The maximum absolute atomic E-state index is 14.0. The molecule has 1 aromatic carbocycles. The molecule has 0 radical (unpaired) electrons. The Labute approximate surface area is 435 Å². The Morgan fingerprint density at radius 3 is 2.15 bits per heavy atom. The lowest BCUT2D eigenvalue weighted by molar-refractivity contribution is -0.193. The Morgan fingerprint density at radius 2 is 1.47 bits per heavy atom. The Bertz CT molecular complexity index is 2470. The number of hydrogen-bond acceptors (Lipinski definition) is 11. The van der Waals surface area contributed by atoms with Gasteiger partial charge >= 0.3 is 23.9 Å². The van der Waals surface area contributed by atoms with E-state index in [1.807, 2.05) is 12.1 Å². The SMILES string of the molecule is COC(=O)[C@]12CCC(C)(C)C[C@H]1C1=CC[C@@H]3[C@@]4(C)CC[C@H](NC(=O)CCCCC(=O)Oc5c(OC)ccc6c5[C@]57CCC(C)[C@H](C6)C5=C(OC)C(OC(C)=O)C(OC(C)=O)C7)C(C)(C)[C@@H]4CC[C@@]3(C)[C@]1(C)CC2. The average molecular weight is 1010 g/mol. The van der Waals surface area contributed by atoms with Crippen LogP contribution in [-0.4, -0.2) is 69.4 Å². The van der Waals surface area contributed by atoms with Crippen LogP contribution in [0.3, 0.4) is 0 Å². The maximum Gasteiger partial charge on any atom is 0.312 e. The largest absolute Gasteiger partial charge is 0.497 e. The van der Waals surface area contributed by atoms with Gasteiger partial charge in [0.05, 0.1) is 26.7 Å². The van der Waals surface area contributed by atoms with E-state index in [1.54, 1.807) is 26.9 Å². The van der Waals surface area contributed by atoms with Crippen LogP contribution in [0.1, 0.15) is 190 Å². The first-order chi connectivity index (χ1) is 34.4. The van der Waals surface area contributed by atoms with Crippen LogP contribution in [0.5, 0.6) is 11.5 Å². The predicted octanol–water partition coefficient (Wildman–Crippen LogP) is 11.6. The lowest BCUT2D eigenvalue weighted by Gasteiger charge is -2.71. The maximum atomic E-state index is 14.0. The molecule has 8 aliphatic carbocycles. The molecule has 13 atom stereocenters. The number of esters is 4. The summed E-state index contributed by atoms with van der Waals surface area (Å²) < 4.78 is 35.8. The van der Waals surface area contributed by atoms with Gasteiger partial charge in [-0.25, -0.2) is 0 Å². The molecular formula is C61H87NO11. The molecule has 0 aromatic heterocycles. The number of carbonyl (C=O) groups excluding carboxylic acids is 5. The Hall–Kier alpha value is -4.35. The second kappa shape index (κ2) is 19.0. The molecular weight excluding hydrogens is 923 g/mol. The highest BCUT2D eigenvalue weighted by molar-refractivity contribution is 5.79. The van der Waals surface area contributed by atoms with E-state index in [2.05, 4.69) is 66.8 Å². The van der Waals surface area contributed by atoms with Gasteiger partial charge in [-0.3, -0.25) is 24.0 Å². The van der Waals surface area contributed by atoms with Gasteiger partial charge in [0.25, 0.3) is 0 Å². The van der Waals surface area contributed by atoms with Crippen LogP contribution in [0.2, 0.25) is 0 Å². The molecule has 1 aromatic rings. The Balaban J connectivity index is 0.863. The van der Waals surface area contributed by atoms with Crippen LogP contribution < -0.4 is 14.8 Å². The van der Waals surface area contributed by atoms with Gasteiger partial charge in [-0.15, -0.1) is 0 Å². The summed E-state index contributed by atoms with van der Waals surface area (Å²) in [6.45, 7) is 22.2. The normalized spacial score (nSPS) is 38.5. The number of benzene rings is 1. The molecule has 0 heterocycles. The highest BCUT2D eigenvalue weighted by Crippen LogP contribution is 2.76. The number of methoxy groups -OCH3 is 3. The minimum atomic E-state index is -0.905. The van der Waals surface area contributed by atoms with Crippen molar-refractivity contribution in [2.45, 2.75) is 208 Å². The summed E-state index contributed by atoms with van der Waals surface area (Å²) in [5.41, 5.74) is 3.60. The molecule has 2 bridgehead atoms. The van der Waals surface area contributed by atoms with E-state index in [9.17, 15) is 24.0 Å². The number of nitrogens with one attached hydrogen (secondary N) is 1. The Morgan fingerprint density at radius 1 is 0.753 bits per heavy atom. The van der Waals surface area contributed by atoms with Crippen molar-refractivity contribution in [3.8, 4) is 11.5 Å². The number of carbonyl (C=O) groups is 5. The molecule has 12 heteroatoms. The van der Waals surface area contributed by atoms with Crippen molar-refractivity contribution in [1.29, 1.82) is 0 Å².